The number of carbonyl (C=O) groups excluding carboxylic acids is 3. The third kappa shape index (κ3) is 15.7. The number of nitrogens with one attached hydrogen (secondary N) is 2. The molecular formula is C25H48N2O6S. The van der Waals surface area contributed by atoms with E-state index in [-0.39, 0.29) is 23.9 Å². The summed E-state index contributed by atoms with van der Waals surface area (Å²) in [6.45, 7) is 12.5. The van der Waals surface area contributed by atoms with Gasteiger partial charge in [-0.1, -0.05) is 34.1 Å². The lowest BCUT2D eigenvalue weighted by molar-refractivity contribution is -0.120. The highest BCUT2D eigenvalue weighted by Gasteiger charge is 2.42. The molecule has 0 spiro atoms. The van der Waals surface area contributed by atoms with Crippen LogP contribution in [0.15, 0.2) is 0 Å². The highest BCUT2D eigenvalue weighted by molar-refractivity contribution is 8.00. The Labute approximate surface area is 211 Å². The third-order valence-electron chi connectivity index (χ3n) is 5.22. The van der Waals surface area contributed by atoms with Crippen LogP contribution in [0.4, 0.5) is 4.79 Å². The van der Waals surface area contributed by atoms with Crippen LogP contribution in [0.3, 0.4) is 0 Å². The number of ether oxygens (including phenoxy) is 3. The Balaban J connectivity index is 0.00000258. The number of thioether (sulfide) groups is 1. The first-order valence-electron chi connectivity index (χ1n) is 13.0. The molecule has 0 aliphatic carbocycles. The van der Waals surface area contributed by atoms with Gasteiger partial charge in [-0.3, -0.25) is 9.59 Å². The van der Waals surface area contributed by atoms with Crippen LogP contribution in [-0.2, 0) is 23.8 Å². The normalized spacial score (nSPS) is 20.3. The zero-order valence-electron chi connectivity index (χ0n) is 22.0. The van der Waals surface area contributed by atoms with E-state index < -0.39 is 0 Å². The molecule has 2 aliphatic heterocycles. The molecule has 0 radical (unpaired) electrons. The van der Waals surface area contributed by atoms with Gasteiger partial charge < -0.3 is 24.8 Å². The average Bonchev–Trinajstić information content (AvgIpc) is 3.39. The summed E-state index contributed by atoms with van der Waals surface area (Å²) in [4.78, 5) is 34.1. The summed E-state index contributed by atoms with van der Waals surface area (Å²) in [5, 5.41) is 6.42. The molecular weight excluding hydrogens is 456 g/mol. The van der Waals surface area contributed by atoms with Crippen LogP contribution >= 0.6 is 11.8 Å². The van der Waals surface area contributed by atoms with Gasteiger partial charge >= 0.3 is 6.03 Å². The van der Waals surface area contributed by atoms with E-state index in [1.165, 1.54) is 0 Å². The molecule has 0 aromatic carbocycles. The van der Waals surface area contributed by atoms with Crippen molar-refractivity contribution in [1.29, 1.82) is 0 Å². The van der Waals surface area contributed by atoms with Gasteiger partial charge in [-0.25, -0.2) is 4.79 Å². The lowest BCUT2D eigenvalue weighted by Crippen LogP contribution is -2.36. The standard InChI is InChI=1S/C21H36N2O6S.2C2H6/c1-16(24)8-10-28-12-14-29-13-11-27-9-4-6-17(25)5-2-3-7-19-20-18(15-30-19)22-21(26)23-20;2*1-2/h18-20H,2-15H2,1H3,(H2,22,23,26);2*1-2H3. The number of hydrogen-bond acceptors (Lipinski definition) is 7. The molecule has 200 valence electrons. The quantitative estimate of drug-likeness (QED) is 0.214. The summed E-state index contributed by atoms with van der Waals surface area (Å²) in [7, 11) is 0. The van der Waals surface area contributed by atoms with E-state index in [0.29, 0.717) is 69.9 Å². The number of amides is 2. The first kappa shape index (κ1) is 32.8. The van der Waals surface area contributed by atoms with Crippen LogP contribution in [0, 0.1) is 0 Å². The molecule has 2 heterocycles. The summed E-state index contributed by atoms with van der Waals surface area (Å²) in [5.41, 5.74) is 0. The summed E-state index contributed by atoms with van der Waals surface area (Å²) in [6, 6.07) is 0.471. The molecule has 0 bridgehead atoms. The highest BCUT2D eigenvalue weighted by Crippen LogP contribution is 2.33. The number of rotatable bonds is 18. The van der Waals surface area contributed by atoms with Crippen LogP contribution in [-0.4, -0.2) is 80.3 Å². The predicted molar refractivity (Wildman–Crippen MR) is 139 cm³/mol. The number of unbranched alkanes of at least 4 members (excludes halogenated alkanes) is 1. The van der Waals surface area contributed by atoms with Crippen molar-refractivity contribution in [1.82, 2.24) is 10.6 Å². The van der Waals surface area contributed by atoms with Gasteiger partial charge in [0.15, 0.2) is 0 Å². The van der Waals surface area contributed by atoms with Crippen molar-refractivity contribution >= 4 is 29.4 Å². The van der Waals surface area contributed by atoms with E-state index in [1.54, 1.807) is 6.92 Å². The Morgan fingerprint density at radius 1 is 0.824 bits per heavy atom. The molecule has 2 rings (SSSR count). The SMILES string of the molecule is CC.CC.CC(=O)CCOCCOCCOCCCC(=O)CCCCC1SCC2NC(=O)NC21. The zero-order valence-corrected chi connectivity index (χ0v) is 22.8. The molecule has 34 heavy (non-hydrogen) atoms. The molecule has 0 aromatic heterocycles. The minimum absolute atomic E-state index is 0.0468. The summed E-state index contributed by atoms with van der Waals surface area (Å²) < 4.78 is 16.1. The van der Waals surface area contributed by atoms with Crippen molar-refractivity contribution in [2.75, 3.05) is 45.4 Å². The maximum Gasteiger partial charge on any atom is 0.315 e. The lowest BCUT2D eigenvalue weighted by Gasteiger charge is -2.16. The van der Waals surface area contributed by atoms with Crippen molar-refractivity contribution < 1.29 is 28.6 Å². The monoisotopic (exact) mass is 504 g/mol. The van der Waals surface area contributed by atoms with Crippen molar-refractivity contribution in [3.8, 4) is 0 Å². The second-order valence-electron chi connectivity index (χ2n) is 7.80. The van der Waals surface area contributed by atoms with Crippen molar-refractivity contribution in [2.45, 2.75) is 96.9 Å². The largest absolute Gasteiger partial charge is 0.379 e. The molecule has 0 aromatic rings. The molecule has 2 saturated heterocycles. The minimum atomic E-state index is -0.0468. The van der Waals surface area contributed by atoms with Crippen LogP contribution in [0.1, 0.15) is 79.6 Å². The topological polar surface area (TPSA) is 103 Å². The Morgan fingerprint density at radius 2 is 1.41 bits per heavy atom. The second kappa shape index (κ2) is 22.3. The molecule has 3 atom stereocenters. The van der Waals surface area contributed by atoms with E-state index in [2.05, 4.69) is 10.6 Å². The number of urea groups is 1. The minimum Gasteiger partial charge on any atom is -0.379 e. The van der Waals surface area contributed by atoms with Crippen molar-refractivity contribution in [3.05, 3.63) is 0 Å². The van der Waals surface area contributed by atoms with Crippen LogP contribution in [0.5, 0.6) is 0 Å². The highest BCUT2D eigenvalue weighted by atomic mass is 32.2. The smallest absolute Gasteiger partial charge is 0.315 e. The summed E-state index contributed by atoms with van der Waals surface area (Å²) >= 11 is 1.92. The maximum atomic E-state index is 12.0. The van der Waals surface area contributed by atoms with Crippen LogP contribution in [0.2, 0.25) is 0 Å². The fraction of sp³-hybridized carbons (Fsp3) is 0.880. The average molecular weight is 505 g/mol. The lowest BCUT2D eigenvalue weighted by atomic mass is 10.0. The van der Waals surface area contributed by atoms with E-state index >= 15 is 0 Å². The fourth-order valence-corrected chi connectivity index (χ4v) is 5.11. The van der Waals surface area contributed by atoms with E-state index in [9.17, 15) is 14.4 Å². The van der Waals surface area contributed by atoms with Gasteiger partial charge in [-0.15, -0.1) is 0 Å². The summed E-state index contributed by atoms with van der Waals surface area (Å²) in [6.07, 6.45) is 5.36. The number of fused-ring (bicyclic) bond motifs is 1. The predicted octanol–water partition coefficient (Wildman–Crippen LogP) is 4.14. The Kier molecular flexibility index (Phi) is 21.6. The maximum absolute atomic E-state index is 12.0. The second-order valence-corrected chi connectivity index (χ2v) is 9.07. The summed E-state index contributed by atoms with van der Waals surface area (Å²) in [5.74, 6) is 1.40. The van der Waals surface area contributed by atoms with Crippen LogP contribution in [0.25, 0.3) is 0 Å². The van der Waals surface area contributed by atoms with Crippen molar-refractivity contribution in [2.24, 2.45) is 0 Å². The van der Waals surface area contributed by atoms with E-state index in [4.69, 9.17) is 14.2 Å². The molecule has 2 fully saturated rings. The zero-order chi connectivity index (χ0) is 25.6. The first-order valence-corrected chi connectivity index (χ1v) is 14.0. The number of carbonyl (C=O) groups is 3. The number of Topliss-reactive ketones (excluding diaryl/α,β-unsaturated/α-hetero) is 2. The van der Waals surface area contributed by atoms with E-state index in [0.717, 1.165) is 31.4 Å². The number of hydrogen-bond donors (Lipinski definition) is 2. The Bertz CT molecular complexity index is 549. The van der Waals surface area contributed by atoms with Gasteiger partial charge in [0.05, 0.1) is 45.1 Å². The van der Waals surface area contributed by atoms with Gasteiger partial charge in [0.1, 0.15) is 11.6 Å². The van der Waals surface area contributed by atoms with Gasteiger partial charge in [0, 0.05) is 36.9 Å². The molecule has 2 aliphatic rings. The van der Waals surface area contributed by atoms with Gasteiger partial charge in [-0.2, -0.15) is 11.8 Å². The molecule has 2 N–H and O–H groups in total. The third-order valence-corrected chi connectivity index (χ3v) is 6.73. The Morgan fingerprint density at radius 3 is 2.06 bits per heavy atom. The van der Waals surface area contributed by atoms with Gasteiger partial charge in [-0.05, 0) is 26.2 Å². The first-order chi connectivity index (χ1) is 16.6. The van der Waals surface area contributed by atoms with Gasteiger partial charge in [0.2, 0.25) is 0 Å². The Hall–Kier alpha value is -1.16. The number of ketones is 2. The molecule has 9 heteroatoms. The van der Waals surface area contributed by atoms with Crippen LogP contribution < -0.4 is 10.6 Å². The molecule has 0 saturated carbocycles. The molecule has 2 amide bonds. The van der Waals surface area contributed by atoms with Gasteiger partial charge in [0.25, 0.3) is 0 Å². The fourth-order valence-electron chi connectivity index (χ4n) is 3.56. The molecule has 3 unspecified atom stereocenters. The van der Waals surface area contributed by atoms with Crippen molar-refractivity contribution in [3.63, 3.8) is 0 Å². The molecule has 8 nitrogen and oxygen atoms in total. The van der Waals surface area contributed by atoms with E-state index in [1.807, 2.05) is 39.5 Å².